The Hall–Kier alpha value is -3.62. The van der Waals surface area contributed by atoms with Crippen LogP contribution in [-0.2, 0) is 0 Å². The first-order valence-electron chi connectivity index (χ1n) is 6.72. The number of non-ortho nitro benzene ring substituents is 2. The number of hydrogen-bond acceptors (Lipinski definition) is 6. The first-order valence-corrected chi connectivity index (χ1v) is 6.72. The van der Waals surface area contributed by atoms with Crippen LogP contribution in [0.25, 0.3) is 0 Å². The van der Waals surface area contributed by atoms with Gasteiger partial charge in [0.05, 0.1) is 15.6 Å². The van der Waals surface area contributed by atoms with Crippen molar-refractivity contribution in [2.24, 2.45) is 5.10 Å². The molecule has 0 aliphatic rings. The number of nitrogens with zero attached hydrogens (tertiary/aromatic N) is 3. The molecule has 0 fully saturated rings. The Balaban J connectivity index is 2.06. The van der Waals surface area contributed by atoms with Gasteiger partial charge in [0.15, 0.2) is 0 Å². The van der Waals surface area contributed by atoms with Gasteiger partial charge in [0.2, 0.25) is 0 Å². The SMILES string of the molecule is C/C(=N\NC(=O)c1ccc([N+](=O)[O-])cc1)c1ccc([N+](=O)[O-])cc1. The van der Waals surface area contributed by atoms with Crippen molar-refractivity contribution in [1.82, 2.24) is 5.43 Å². The molecule has 2 rings (SSSR count). The van der Waals surface area contributed by atoms with Crippen LogP contribution in [0.5, 0.6) is 0 Å². The fourth-order valence-corrected chi connectivity index (χ4v) is 1.82. The molecule has 0 radical (unpaired) electrons. The van der Waals surface area contributed by atoms with E-state index in [1.54, 1.807) is 6.92 Å². The summed E-state index contributed by atoms with van der Waals surface area (Å²) in [5.41, 5.74) is 3.47. The molecule has 0 atom stereocenters. The van der Waals surface area contributed by atoms with Gasteiger partial charge in [-0.1, -0.05) is 0 Å². The summed E-state index contributed by atoms with van der Waals surface area (Å²) < 4.78 is 0. The highest BCUT2D eigenvalue weighted by molar-refractivity contribution is 6.01. The second kappa shape index (κ2) is 7.09. The molecule has 1 N–H and O–H groups in total. The van der Waals surface area contributed by atoms with E-state index in [2.05, 4.69) is 10.5 Å². The van der Waals surface area contributed by atoms with E-state index in [4.69, 9.17) is 0 Å². The van der Waals surface area contributed by atoms with Crippen molar-refractivity contribution in [2.75, 3.05) is 0 Å². The zero-order valence-electron chi connectivity index (χ0n) is 12.5. The summed E-state index contributed by atoms with van der Waals surface area (Å²) in [5, 5.41) is 25.1. The number of benzene rings is 2. The Kier molecular flexibility index (Phi) is 4.95. The maximum Gasteiger partial charge on any atom is 0.271 e. The zero-order valence-corrected chi connectivity index (χ0v) is 12.5. The average Bonchev–Trinajstić information content (AvgIpc) is 2.59. The third-order valence-corrected chi connectivity index (χ3v) is 3.16. The Morgan fingerprint density at radius 3 is 1.71 bits per heavy atom. The van der Waals surface area contributed by atoms with Crippen LogP contribution in [-0.4, -0.2) is 21.5 Å². The monoisotopic (exact) mass is 328 g/mol. The number of carbonyl (C=O) groups is 1. The number of hydrogen-bond donors (Lipinski definition) is 1. The molecular weight excluding hydrogens is 316 g/mol. The Bertz CT molecular complexity index is 813. The molecule has 2 aromatic rings. The number of hydrazone groups is 1. The van der Waals surface area contributed by atoms with Crippen molar-refractivity contribution in [3.05, 3.63) is 79.9 Å². The average molecular weight is 328 g/mol. The molecule has 9 nitrogen and oxygen atoms in total. The molecule has 0 aliphatic carbocycles. The lowest BCUT2D eigenvalue weighted by molar-refractivity contribution is -0.385. The number of carbonyl (C=O) groups excluding carboxylic acids is 1. The molecule has 2 aromatic carbocycles. The summed E-state index contributed by atoms with van der Waals surface area (Å²) in [6.45, 7) is 1.64. The number of nitrogens with one attached hydrogen (secondary N) is 1. The maximum atomic E-state index is 11.9. The fourth-order valence-electron chi connectivity index (χ4n) is 1.82. The van der Waals surface area contributed by atoms with Crippen molar-refractivity contribution in [2.45, 2.75) is 6.92 Å². The lowest BCUT2D eigenvalue weighted by Crippen LogP contribution is -2.19. The highest BCUT2D eigenvalue weighted by atomic mass is 16.6. The smallest absolute Gasteiger partial charge is 0.267 e. The number of nitro benzene ring substituents is 2. The Morgan fingerprint density at radius 1 is 0.875 bits per heavy atom. The van der Waals surface area contributed by atoms with Crippen LogP contribution in [0.15, 0.2) is 53.6 Å². The third kappa shape index (κ3) is 3.97. The van der Waals surface area contributed by atoms with Gasteiger partial charge in [0.1, 0.15) is 0 Å². The van der Waals surface area contributed by atoms with Crippen LogP contribution in [0.2, 0.25) is 0 Å². The van der Waals surface area contributed by atoms with Gasteiger partial charge in [-0.25, -0.2) is 5.43 Å². The van der Waals surface area contributed by atoms with Crippen LogP contribution in [0.3, 0.4) is 0 Å². The highest BCUT2D eigenvalue weighted by Gasteiger charge is 2.09. The summed E-state index contributed by atoms with van der Waals surface area (Å²) >= 11 is 0. The third-order valence-electron chi connectivity index (χ3n) is 3.16. The maximum absolute atomic E-state index is 11.9. The zero-order chi connectivity index (χ0) is 17.7. The molecule has 0 aromatic heterocycles. The van der Waals surface area contributed by atoms with Crippen LogP contribution in [0.4, 0.5) is 11.4 Å². The molecule has 24 heavy (non-hydrogen) atoms. The van der Waals surface area contributed by atoms with E-state index in [9.17, 15) is 25.0 Å². The van der Waals surface area contributed by atoms with Crippen LogP contribution in [0, 0.1) is 20.2 Å². The van der Waals surface area contributed by atoms with E-state index < -0.39 is 15.8 Å². The van der Waals surface area contributed by atoms with Crippen LogP contribution >= 0.6 is 0 Å². The second-order valence-electron chi connectivity index (χ2n) is 4.75. The molecule has 0 heterocycles. The summed E-state index contributed by atoms with van der Waals surface area (Å²) in [5.74, 6) is -0.522. The largest absolute Gasteiger partial charge is 0.271 e. The quantitative estimate of drug-likeness (QED) is 0.512. The molecule has 0 saturated carbocycles. The van der Waals surface area contributed by atoms with E-state index in [0.29, 0.717) is 11.3 Å². The lowest BCUT2D eigenvalue weighted by atomic mass is 10.1. The molecule has 0 bridgehead atoms. The molecule has 9 heteroatoms. The molecule has 0 aliphatic heterocycles. The fraction of sp³-hybridized carbons (Fsp3) is 0.0667. The van der Waals surface area contributed by atoms with Gasteiger partial charge in [-0.2, -0.15) is 5.10 Å². The van der Waals surface area contributed by atoms with Crippen molar-refractivity contribution in [1.29, 1.82) is 0 Å². The van der Waals surface area contributed by atoms with E-state index in [0.717, 1.165) is 0 Å². The molecule has 1 amide bonds. The van der Waals surface area contributed by atoms with Gasteiger partial charge in [-0.15, -0.1) is 0 Å². The first-order chi connectivity index (χ1) is 11.4. The van der Waals surface area contributed by atoms with Gasteiger partial charge in [0, 0.05) is 29.8 Å². The van der Waals surface area contributed by atoms with Crippen LogP contribution < -0.4 is 5.43 Å². The minimum absolute atomic E-state index is 0.0403. The van der Waals surface area contributed by atoms with Crippen molar-refractivity contribution >= 4 is 23.0 Å². The minimum atomic E-state index is -0.557. The summed E-state index contributed by atoms with van der Waals surface area (Å²) in [7, 11) is 0. The summed E-state index contributed by atoms with van der Waals surface area (Å²) in [6.07, 6.45) is 0. The normalized spacial score (nSPS) is 11.0. The Labute approximate surface area is 135 Å². The van der Waals surface area contributed by atoms with Gasteiger partial charge in [-0.05, 0) is 36.8 Å². The lowest BCUT2D eigenvalue weighted by Gasteiger charge is -2.03. The number of amides is 1. The molecule has 0 saturated heterocycles. The molecule has 122 valence electrons. The number of nitro groups is 2. The van der Waals surface area contributed by atoms with E-state index >= 15 is 0 Å². The molecule has 0 unspecified atom stereocenters. The summed E-state index contributed by atoms with van der Waals surface area (Å²) in [4.78, 5) is 32.0. The van der Waals surface area contributed by atoms with Gasteiger partial charge < -0.3 is 0 Å². The van der Waals surface area contributed by atoms with Gasteiger partial charge >= 0.3 is 0 Å². The Morgan fingerprint density at radius 2 is 1.29 bits per heavy atom. The van der Waals surface area contributed by atoms with Crippen molar-refractivity contribution in [3.8, 4) is 0 Å². The minimum Gasteiger partial charge on any atom is -0.267 e. The predicted molar refractivity (Wildman–Crippen MR) is 85.9 cm³/mol. The van der Waals surface area contributed by atoms with Gasteiger partial charge in [0.25, 0.3) is 17.3 Å². The number of rotatable bonds is 5. The van der Waals surface area contributed by atoms with E-state index in [1.165, 1.54) is 48.5 Å². The highest BCUT2D eigenvalue weighted by Crippen LogP contribution is 2.13. The van der Waals surface area contributed by atoms with Crippen molar-refractivity contribution in [3.63, 3.8) is 0 Å². The molecule has 0 spiro atoms. The summed E-state index contributed by atoms with van der Waals surface area (Å²) in [6, 6.07) is 10.8. The first kappa shape index (κ1) is 16.7. The second-order valence-corrected chi connectivity index (χ2v) is 4.75. The van der Waals surface area contributed by atoms with Gasteiger partial charge in [-0.3, -0.25) is 25.0 Å². The standard InChI is InChI=1S/C15H12N4O5/c1-10(11-2-6-13(7-3-11)18(21)22)16-17-15(20)12-4-8-14(9-5-12)19(23)24/h2-9H,1H3,(H,17,20)/b16-10+. The topological polar surface area (TPSA) is 128 Å². The predicted octanol–water partition coefficient (Wildman–Crippen LogP) is 2.66. The van der Waals surface area contributed by atoms with Crippen molar-refractivity contribution < 1.29 is 14.6 Å². The van der Waals surface area contributed by atoms with E-state index in [-0.39, 0.29) is 16.9 Å². The van der Waals surface area contributed by atoms with Crippen LogP contribution in [0.1, 0.15) is 22.8 Å². The molecular formula is C15H12N4O5. The van der Waals surface area contributed by atoms with E-state index in [1.807, 2.05) is 0 Å².